The number of aromatic nitrogens is 3. The Morgan fingerprint density at radius 1 is 1.22 bits per heavy atom. The molecule has 0 aliphatic rings. The fourth-order valence-electron chi connectivity index (χ4n) is 1.98. The number of nitrogens with two attached hydrogens (primary N) is 1. The molecule has 1 aromatic carbocycles. The summed E-state index contributed by atoms with van der Waals surface area (Å²) < 4.78 is 14.1. The second kappa shape index (κ2) is 4.10. The van der Waals surface area contributed by atoms with Crippen molar-refractivity contribution in [3.05, 3.63) is 48.3 Å². The Morgan fingerprint density at radius 3 is 2.89 bits per heavy atom. The lowest BCUT2D eigenvalue weighted by atomic mass is 10.2. The molecule has 0 amide bonds. The molecule has 90 valence electrons. The van der Waals surface area contributed by atoms with Crippen LogP contribution in [-0.4, -0.2) is 14.8 Å². The third-order valence-electron chi connectivity index (χ3n) is 2.78. The van der Waals surface area contributed by atoms with Crippen molar-refractivity contribution in [3.8, 4) is 5.69 Å². The van der Waals surface area contributed by atoms with Gasteiger partial charge in [-0.3, -0.25) is 4.98 Å². The zero-order valence-electron chi connectivity index (χ0n) is 9.55. The van der Waals surface area contributed by atoms with Crippen LogP contribution in [-0.2, 0) is 6.67 Å². The van der Waals surface area contributed by atoms with E-state index in [1.807, 2.05) is 30.3 Å². The van der Waals surface area contributed by atoms with Crippen LogP contribution >= 0.6 is 0 Å². The molecule has 0 saturated heterocycles. The highest BCUT2D eigenvalue weighted by atomic mass is 19.1. The maximum atomic E-state index is 12.6. The SMILES string of the molecule is Nc1cc(CF)nn1-c1cccc2ncccc12. The molecular weight excluding hydrogens is 231 g/mol. The van der Waals surface area contributed by atoms with Gasteiger partial charge in [-0.2, -0.15) is 5.10 Å². The lowest BCUT2D eigenvalue weighted by molar-refractivity contribution is 0.473. The lowest BCUT2D eigenvalue weighted by Gasteiger charge is -2.07. The van der Waals surface area contributed by atoms with E-state index >= 15 is 0 Å². The highest BCUT2D eigenvalue weighted by Gasteiger charge is 2.09. The molecule has 0 saturated carbocycles. The number of anilines is 1. The maximum Gasteiger partial charge on any atom is 0.133 e. The summed E-state index contributed by atoms with van der Waals surface area (Å²) in [6, 6.07) is 11.0. The summed E-state index contributed by atoms with van der Waals surface area (Å²) in [7, 11) is 0. The molecule has 0 aliphatic carbocycles. The van der Waals surface area contributed by atoms with Crippen LogP contribution in [0.1, 0.15) is 5.69 Å². The number of fused-ring (bicyclic) bond motifs is 1. The van der Waals surface area contributed by atoms with E-state index in [9.17, 15) is 4.39 Å². The largest absolute Gasteiger partial charge is 0.384 e. The first-order valence-electron chi connectivity index (χ1n) is 5.54. The summed E-state index contributed by atoms with van der Waals surface area (Å²) in [5.41, 5.74) is 7.84. The molecule has 4 nitrogen and oxygen atoms in total. The summed E-state index contributed by atoms with van der Waals surface area (Å²) in [4.78, 5) is 4.27. The molecule has 2 N–H and O–H groups in total. The Morgan fingerprint density at radius 2 is 2.11 bits per heavy atom. The normalized spacial score (nSPS) is 10.9. The second-order valence-electron chi connectivity index (χ2n) is 3.95. The maximum absolute atomic E-state index is 12.6. The third kappa shape index (κ3) is 1.60. The predicted octanol–water partition coefficient (Wildman–Crippen LogP) is 2.47. The molecule has 0 bridgehead atoms. The number of halogens is 1. The standard InChI is InChI=1S/C13H11FN4/c14-8-9-7-13(15)18(17-9)12-5-1-4-11-10(12)3-2-6-16-11/h1-7H,8,15H2. The van der Waals surface area contributed by atoms with Crippen molar-refractivity contribution < 1.29 is 4.39 Å². The minimum Gasteiger partial charge on any atom is -0.384 e. The zero-order valence-corrected chi connectivity index (χ0v) is 9.55. The summed E-state index contributed by atoms with van der Waals surface area (Å²) in [6.07, 6.45) is 1.73. The number of nitrogens with zero attached hydrogens (tertiary/aromatic N) is 3. The van der Waals surface area contributed by atoms with Gasteiger partial charge in [0.15, 0.2) is 0 Å². The molecule has 0 fully saturated rings. The van der Waals surface area contributed by atoms with Crippen molar-refractivity contribution in [2.24, 2.45) is 0 Å². The molecule has 0 spiro atoms. The highest BCUT2D eigenvalue weighted by molar-refractivity contribution is 5.87. The van der Waals surface area contributed by atoms with Gasteiger partial charge in [-0.05, 0) is 24.3 Å². The Kier molecular flexibility index (Phi) is 2.44. The number of hydrogen-bond acceptors (Lipinski definition) is 3. The van der Waals surface area contributed by atoms with Crippen LogP contribution in [0.15, 0.2) is 42.6 Å². The molecule has 3 aromatic rings. The first-order valence-corrected chi connectivity index (χ1v) is 5.54. The monoisotopic (exact) mass is 242 g/mol. The first kappa shape index (κ1) is 10.7. The Balaban J connectivity index is 2.27. The Hall–Kier alpha value is -2.43. The Bertz CT molecular complexity index is 700. The molecule has 3 rings (SSSR count). The fourth-order valence-corrected chi connectivity index (χ4v) is 1.98. The van der Waals surface area contributed by atoms with Crippen molar-refractivity contribution in [2.45, 2.75) is 6.67 Å². The van der Waals surface area contributed by atoms with Gasteiger partial charge in [0.05, 0.1) is 16.9 Å². The van der Waals surface area contributed by atoms with Gasteiger partial charge < -0.3 is 5.73 Å². The molecule has 2 heterocycles. The lowest BCUT2D eigenvalue weighted by Crippen LogP contribution is -2.02. The summed E-state index contributed by atoms with van der Waals surface area (Å²) >= 11 is 0. The van der Waals surface area contributed by atoms with Gasteiger partial charge in [0.1, 0.15) is 12.5 Å². The topological polar surface area (TPSA) is 56.7 Å². The number of rotatable bonds is 2. The molecule has 5 heteroatoms. The Labute approximate surface area is 103 Å². The van der Waals surface area contributed by atoms with Crippen LogP contribution in [0.25, 0.3) is 16.6 Å². The summed E-state index contributed by atoms with van der Waals surface area (Å²) in [6.45, 7) is -0.625. The van der Waals surface area contributed by atoms with Gasteiger partial charge in [0.2, 0.25) is 0 Å². The average molecular weight is 242 g/mol. The van der Waals surface area contributed by atoms with Gasteiger partial charge in [0, 0.05) is 17.6 Å². The zero-order chi connectivity index (χ0) is 12.5. The number of hydrogen-bond donors (Lipinski definition) is 1. The number of alkyl halides is 1. The van der Waals surface area contributed by atoms with E-state index in [0.29, 0.717) is 11.5 Å². The van der Waals surface area contributed by atoms with Crippen LogP contribution < -0.4 is 5.73 Å². The van der Waals surface area contributed by atoms with E-state index in [4.69, 9.17) is 5.73 Å². The fraction of sp³-hybridized carbons (Fsp3) is 0.0769. The van der Waals surface area contributed by atoms with Crippen molar-refractivity contribution in [1.82, 2.24) is 14.8 Å². The van der Waals surface area contributed by atoms with Gasteiger partial charge in [-0.15, -0.1) is 0 Å². The van der Waals surface area contributed by atoms with E-state index < -0.39 is 6.67 Å². The van der Waals surface area contributed by atoms with Crippen LogP contribution in [0.5, 0.6) is 0 Å². The molecule has 0 unspecified atom stereocenters. The summed E-state index contributed by atoms with van der Waals surface area (Å²) in [5.74, 6) is 0.416. The first-order chi connectivity index (χ1) is 8.79. The minimum atomic E-state index is -0.625. The van der Waals surface area contributed by atoms with Crippen molar-refractivity contribution >= 4 is 16.7 Å². The second-order valence-corrected chi connectivity index (χ2v) is 3.95. The van der Waals surface area contributed by atoms with Crippen LogP contribution in [0.4, 0.5) is 10.2 Å². The molecule has 0 aliphatic heterocycles. The third-order valence-corrected chi connectivity index (χ3v) is 2.78. The average Bonchev–Trinajstić information content (AvgIpc) is 2.79. The van der Waals surface area contributed by atoms with Crippen molar-refractivity contribution in [2.75, 3.05) is 5.73 Å². The van der Waals surface area contributed by atoms with Crippen molar-refractivity contribution in [3.63, 3.8) is 0 Å². The molecular formula is C13H11FN4. The van der Waals surface area contributed by atoms with Gasteiger partial charge in [0.25, 0.3) is 0 Å². The van der Waals surface area contributed by atoms with E-state index in [1.165, 1.54) is 6.07 Å². The van der Waals surface area contributed by atoms with Crippen LogP contribution in [0, 0.1) is 0 Å². The minimum absolute atomic E-state index is 0.327. The number of nitrogen functional groups attached to an aromatic ring is 1. The quantitative estimate of drug-likeness (QED) is 0.751. The van der Waals surface area contributed by atoms with Gasteiger partial charge >= 0.3 is 0 Å². The van der Waals surface area contributed by atoms with Gasteiger partial charge in [-0.25, -0.2) is 9.07 Å². The molecule has 0 radical (unpaired) electrons. The molecule has 18 heavy (non-hydrogen) atoms. The highest BCUT2D eigenvalue weighted by Crippen LogP contribution is 2.23. The van der Waals surface area contributed by atoms with Crippen LogP contribution in [0.2, 0.25) is 0 Å². The van der Waals surface area contributed by atoms with E-state index in [2.05, 4.69) is 10.1 Å². The number of benzene rings is 1. The van der Waals surface area contributed by atoms with Crippen LogP contribution in [0.3, 0.4) is 0 Å². The number of pyridine rings is 1. The van der Waals surface area contributed by atoms with E-state index in [-0.39, 0.29) is 0 Å². The van der Waals surface area contributed by atoms with E-state index in [0.717, 1.165) is 16.6 Å². The summed E-state index contributed by atoms with van der Waals surface area (Å²) in [5, 5.41) is 5.07. The smallest absolute Gasteiger partial charge is 0.133 e. The molecule has 0 atom stereocenters. The predicted molar refractivity (Wildman–Crippen MR) is 68.1 cm³/mol. The van der Waals surface area contributed by atoms with E-state index in [1.54, 1.807) is 10.9 Å². The van der Waals surface area contributed by atoms with Crippen molar-refractivity contribution in [1.29, 1.82) is 0 Å². The molecule has 2 aromatic heterocycles. The van der Waals surface area contributed by atoms with Gasteiger partial charge in [-0.1, -0.05) is 6.07 Å².